The van der Waals surface area contributed by atoms with E-state index in [2.05, 4.69) is 29.1 Å². The fourth-order valence-electron chi connectivity index (χ4n) is 2.79. The number of carbonyl (C=O) groups is 1. The van der Waals surface area contributed by atoms with E-state index in [1.807, 2.05) is 25.1 Å². The predicted molar refractivity (Wildman–Crippen MR) is 94.2 cm³/mol. The van der Waals surface area contributed by atoms with Crippen molar-refractivity contribution in [2.75, 3.05) is 19.8 Å². The van der Waals surface area contributed by atoms with E-state index in [-0.39, 0.29) is 11.3 Å². The summed E-state index contributed by atoms with van der Waals surface area (Å²) in [5, 5.41) is 3.00. The summed E-state index contributed by atoms with van der Waals surface area (Å²) in [7, 11) is 0. The zero-order chi connectivity index (χ0) is 17.9. The Balaban J connectivity index is 1.72. The number of fused-ring (bicyclic) bond motifs is 1. The molecule has 1 aliphatic rings. The quantitative estimate of drug-likeness (QED) is 0.905. The van der Waals surface area contributed by atoms with E-state index >= 15 is 0 Å². The molecule has 6 heteroatoms. The average Bonchev–Trinajstić information content (AvgIpc) is 2.65. The van der Waals surface area contributed by atoms with Crippen molar-refractivity contribution in [1.29, 1.82) is 0 Å². The van der Waals surface area contributed by atoms with Crippen LogP contribution >= 0.6 is 0 Å². The highest BCUT2D eigenvalue weighted by Crippen LogP contribution is 2.34. The second-order valence-corrected chi connectivity index (χ2v) is 6.66. The van der Waals surface area contributed by atoms with E-state index in [1.54, 1.807) is 6.20 Å². The first-order chi connectivity index (χ1) is 12.0. The summed E-state index contributed by atoms with van der Waals surface area (Å²) in [6.07, 6.45) is 3.73. The molecule has 1 aliphatic heterocycles. The van der Waals surface area contributed by atoms with Crippen molar-refractivity contribution in [3.63, 3.8) is 0 Å². The van der Waals surface area contributed by atoms with Gasteiger partial charge in [0.2, 0.25) is 0 Å². The van der Waals surface area contributed by atoms with Gasteiger partial charge in [0.05, 0.1) is 11.3 Å². The molecule has 1 N–H and O–H groups in total. The molecule has 25 heavy (non-hydrogen) atoms. The minimum Gasteiger partial charge on any atom is -0.486 e. The maximum atomic E-state index is 12.5. The molecule has 0 fully saturated rings. The van der Waals surface area contributed by atoms with Gasteiger partial charge in [-0.15, -0.1) is 0 Å². The highest BCUT2D eigenvalue weighted by molar-refractivity contribution is 5.95. The standard InChI is InChI=1S/C19H23N3O3/c1-4-15-14(10-20-12-22-15)18(23)21-11-19(2,3)13-5-6-16-17(9-13)25-8-7-24-16/h5-6,9-10,12H,4,7-8,11H2,1-3H3,(H,21,23). The SMILES string of the molecule is CCc1ncncc1C(=O)NCC(C)(C)c1ccc2c(c1)OCCO2. The highest BCUT2D eigenvalue weighted by Gasteiger charge is 2.25. The Morgan fingerprint density at radius 2 is 2.00 bits per heavy atom. The van der Waals surface area contributed by atoms with E-state index in [0.29, 0.717) is 31.7 Å². The van der Waals surface area contributed by atoms with Crippen molar-refractivity contribution in [2.45, 2.75) is 32.6 Å². The Morgan fingerprint density at radius 1 is 1.24 bits per heavy atom. The third-order valence-corrected chi connectivity index (χ3v) is 4.39. The van der Waals surface area contributed by atoms with E-state index in [0.717, 1.165) is 22.8 Å². The molecule has 132 valence electrons. The van der Waals surface area contributed by atoms with Crippen LogP contribution in [0.3, 0.4) is 0 Å². The van der Waals surface area contributed by atoms with Gasteiger partial charge in [-0.05, 0) is 24.1 Å². The molecule has 0 radical (unpaired) electrons. The van der Waals surface area contributed by atoms with Crippen LogP contribution < -0.4 is 14.8 Å². The molecule has 2 aromatic rings. The minimum atomic E-state index is -0.256. The van der Waals surface area contributed by atoms with Crippen LogP contribution in [-0.4, -0.2) is 35.6 Å². The van der Waals surface area contributed by atoms with Crippen LogP contribution in [0.5, 0.6) is 11.5 Å². The second kappa shape index (κ2) is 7.09. The van der Waals surface area contributed by atoms with Gasteiger partial charge < -0.3 is 14.8 Å². The van der Waals surface area contributed by atoms with Gasteiger partial charge in [-0.1, -0.05) is 26.8 Å². The molecule has 0 atom stereocenters. The zero-order valence-corrected chi connectivity index (χ0v) is 14.8. The van der Waals surface area contributed by atoms with Crippen molar-refractivity contribution in [3.8, 4) is 11.5 Å². The fraction of sp³-hybridized carbons (Fsp3) is 0.421. The first kappa shape index (κ1) is 17.2. The molecule has 0 spiro atoms. The van der Waals surface area contributed by atoms with E-state index < -0.39 is 0 Å². The topological polar surface area (TPSA) is 73.3 Å². The van der Waals surface area contributed by atoms with Crippen LogP contribution in [0.25, 0.3) is 0 Å². The number of nitrogens with zero attached hydrogens (tertiary/aromatic N) is 2. The summed E-state index contributed by atoms with van der Waals surface area (Å²) in [6.45, 7) is 7.76. The molecule has 0 saturated heterocycles. The summed E-state index contributed by atoms with van der Waals surface area (Å²) in [6, 6.07) is 5.93. The van der Waals surface area contributed by atoms with E-state index in [1.165, 1.54) is 6.33 Å². The largest absolute Gasteiger partial charge is 0.486 e. The Bertz CT molecular complexity index is 774. The molecule has 0 saturated carbocycles. The number of hydrogen-bond acceptors (Lipinski definition) is 5. The van der Waals surface area contributed by atoms with Crippen LogP contribution in [0.1, 0.15) is 42.4 Å². The molecule has 0 bridgehead atoms. The minimum absolute atomic E-state index is 0.150. The van der Waals surface area contributed by atoms with Crippen LogP contribution in [0.4, 0.5) is 0 Å². The maximum absolute atomic E-state index is 12.5. The number of aromatic nitrogens is 2. The van der Waals surface area contributed by atoms with Crippen molar-refractivity contribution in [3.05, 3.63) is 47.5 Å². The van der Waals surface area contributed by atoms with Gasteiger partial charge in [-0.2, -0.15) is 0 Å². The number of nitrogens with one attached hydrogen (secondary N) is 1. The maximum Gasteiger partial charge on any atom is 0.254 e. The smallest absolute Gasteiger partial charge is 0.254 e. The van der Waals surface area contributed by atoms with Gasteiger partial charge in [0.1, 0.15) is 19.5 Å². The lowest BCUT2D eigenvalue weighted by atomic mass is 9.84. The molecule has 0 aliphatic carbocycles. The van der Waals surface area contributed by atoms with Gasteiger partial charge in [-0.25, -0.2) is 9.97 Å². The molecule has 1 amide bonds. The van der Waals surface area contributed by atoms with Crippen LogP contribution in [0.2, 0.25) is 0 Å². The molecular weight excluding hydrogens is 318 g/mol. The fourth-order valence-corrected chi connectivity index (χ4v) is 2.79. The highest BCUT2D eigenvalue weighted by atomic mass is 16.6. The average molecular weight is 341 g/mol. The summed E-state index contributed by atoms with van der Waals surface area (Å²) in [4.78, 5) is 20.6. The lowest BCUT2D eigenvalue weighted by Gasteiger charge is -2.28. The summed E-state index contributed by atoms with van der Waals surface area (Å²) in [5.74, 6) is 1.37. The van der Waals surface area contributed by atoms with Gasteiger partial charge in [0.15, 0.2) is 11.5 Å². The number of aryl methyl sites for hydroxylation is 1. The normalized spacial score (nSPS) is 13.4. The predicted octanol–water partition coefficient (Wildman–Crippen LogP) is 2.52. The Kier molecular flexibility index (Phi) is 4.88. The lowest BCUT2D eigenvalue weighted by Crippen LogP contribution is -2.37. The number of rotatable bonds is 5. The van der Waals surface area contributed by atoms with Crippen molar-refractivity contribution in [2.24, 2.45) is 0 Å². The van der Waals surface area contributed by atoms with Crippen molar-refractivity contribution < 1.29 is 14.3 Å². The number of ether oxygens (including phenoxy) is 2. The third-order valence-electron chi connectivity index (χ3n) is 4.39. The Morgan fingerprint density at radius 3 is 2.76 bits per heavy atom. The van der Waals surface area contributed by atoms with E-state index in [9.17, 15) is 4.79 Å². The molecule has 6 nitrogen and oxygen atoms in total. The monoisotopic (exact) mass is 341 g/mol. The first-order valence-corrected chi connectivity index (χ1v) is 8.48. The third kappa shape index (κ3) is 3.73. The van der Waals surface area contributed by atoms with Crippen molar-refractivity contribution >= 4 is 5.91 Å². The van der Waals surface area contributed by atoms with Gasteiger partial charge >= 0.3 is 0 Å². The zero-order valence-electron chi connectivity index (χ0n) is 14.8. The Hall–Kier alpha value is -2.63. The lowest BCUT2D eigenvalue weighted by molar-refractivity contribution is 0.0944. The molecule has 1 aromatic heterocycles. The molecular formula is C19H23N3O3. The number of amides is 1. The molecule has 3 rings (SSSR count). The number of benzene rings is 1. The summed E-state index contributed by atoms with van der Waals surface area (Å²) < 4.78 is 11.2. The van der Waals surface area contributed by atoms with Gasteiger partial charge in [0.25, 0.3) is 5.91 Å². The Labute approximate surface area is 147 Å². The molecule has 0 unspecified atom stereocenters. The van der Waals surface area contributed by atoms with Gasteiger partial charge in [-0.3, -0.25) is 4.79 Å². The van der Waals surface area contributed by atoms with Crippen LogP contribution in [0, 0.1) is 0 Å². The van der Waals surface area contributed by atoms with E-state index in [4.69, 9.17) is 9.47 Å². The second-order valence-electron chi connectivity index (χ2n) is 6.66. The van der Waals surface area contributed by atoms with Gasteiger partial charge in [0, 0.05) is 18.2 Å². The number of hydrogen-bond donors (Lipinski definition) is 1. The first-order valence-electron chi connectivity index (χ1n) is 8.48. The molecule has 2 heterocycles. The summed E-state index contributed by atoms with van der Waals surface area (Å²) >= 11 is 0. The van der Waals surface area contributed by atoms with Crippen molar-refractivity contribution in [1.82, 2.24) is 15.3 Å². The summed E-state index contributed by atoms with van der Waals surface area (Å²) in [5.41, 5.74) is 2.11. The van der Waals surface area contributed by atoms with Crippen LogP contribution in [0.15, 0.2) is 30.7 Å². The molecule has 1 aromatic carbocycles. The van der Waals surface area contributed by atoms with Crippen LogP contribution in [-0.2, 0) is 11.8 Å². The number of carbonyl (C=O) groups excluding carboxylic acids is 1.